The first-order valence-electron chi connectivity index (χ1n) is 5.27. The number of halogens is 2. The largest absolute Gasteiger partial charge is 0.378 e. The molecule has 1 aliphatic rings. The summed E-state index contributed by atoms with van der Waals surface area (Å²) in [5.74, 6) is 0.843. The molecule has 0 spiro atoms. The van der Waals surface area contributed by atoms with Gasteiger partial charge in [-0.25, -0.2) is 9.97 Å². The van der Waals surface area contributed by atoms with Gasteiger partial charge in [0.05, 0.1) is 13.2 Å². The molecule has 0 unspecified atom stereocenters. The third kappa shape index (κ3) is 2.39. The van der Waals surface area contributed by atoms with E-state index in [1.54, 1.807) is 0 Å². The van der Waals surface area contributed by atoms with E-state index in [9.17, 15) is 0 Å². The summed E-state index contributed by atoms with van der Waals surface area (Å²) in [6, 6.07) is 0. The fourth-order valence-corrected chi connectivity index (χ4v) is 2.27. The van der Waals surface area contributed by atoms with Crippen molar-refractivity contribution in [2.75, 3.05) is 31.2 Å². The minimum absolute atomic E-state index is 0.198. The number of hydrogen-bond donors (Lipinski definition) is 0. The van der Waals surface area contributed by atoms with Gasteiger partial charge in [-0.05, 0) is 18.0 Å². The molecule has 88 valence electrons. The highest BCUT2D eigenvalue weighted by molar-refractivity contribution is 6.32. The molecule has 0 N–H and O–H groups in total. The molecule has 4 nitrogen and oxygen atoms in total. The molecule has 0 aromatic carbocycles. The van der Waals surface area contributed by atoms with Gasteiger partial charge in [-0.1, -0.05) is 18.5 Å². The highest BCUT2D eigenvalue weighted by Gasteiger charge is 2.19. The van der Waals surface area contributed by atoms with Gasteiger partial charge in [0.15, 0.2) is 0 Å². The number of hydrogen-bond acceptors (Lipinski definition) is 4. The summed E-state index contributed by atoms with van der Waals surface area (Å²) in [5.41, 5.74) is 0.952. The van der Waals surface area contributed by atoms with Crippen molar-refractivity contribution in [1.82, 2.24) is 9.97 Å². The second kappa shape index (κ2) is 5.17. The van der Waals surface area contributed by atoms with E-state index in [4.69, 9.17) is 27.9 Å². The molecule has 1 aromatic heterocycles. The van der Waals surface area contributed by atoms with Crippen LogP contribution in [-0.4, -0.2) is 36.3 Å². The summed E-state index contributed by atoms with van der Waals surface area (Å²) in [6.07, 6.45) is 0.794. The van der Waals surface area contributed by atoms with Gasteiger partial charge in [0.25, 0.3) is 0 Å². The Hall–Kier alpha value is -0.580. The number of ether oxygens (including phenoxy) is 1. The lowest BCUT2D eigenvalue weighted by atomic mass is 10.2. The van der Waals surface area contributed by atoms with Crippen molar-refractivity contribution >= 4 is 29.0 Å². The summed E-state index contributed by atoms with van der Waals surface area (Å²) in [6.45, 7) is 5.08. The highest BCUT2D eigenvalue weighted by atomic mass is 35.5. The third-order valence-corrected chi connectivity index (χ3v) is 3.05. The van der Waals surface area contributed by atoms with Gasteiger partial charge in [-0.15, -0.1) is 0 Å². The van der Waals surface area contributed by atoms with E-state index in [0.29, 0.717) is 18.4 Å². The minimum atomic E-state index is 0.198. The lowest BCUT2D eigenvalue weighted by Crippen LogP contribution is -2.37. The van der Waals surface area contributed by atoms with Gasteiger partial charge in [0, 0.05) is 18.7 Å². The Labute approximate surface area is 105 Å². The summed E-state index contributed by atoms with van der Waals surface area (Å²) in [4.78, 5) is 10.4. The quantitative estimate of drug-likeness (QED) is 0.605. The zero-order valence-corrected chi connectivity index (χ0v) is 10.6. The molecule has 1 aromatic rings. The number of rotatable bonds is 2. The predicted octanol–water partition coefficient (Wildman–Crippen LogP) is 2.18. The molecule has 0 amide bonds. The van der Waals surface area contributed by atoms with E-state index in [1.807, 2.05) is 6.92 Å². The maximum atomic E-state index is 6.06. The monoisotopic (exact) mass is 261 g/mol. The fraction of sp³-hybridized carbons (Fsp3) is 0.600. The van der Waals surface area contributed by atoms with Gasteiger partial charge in [-0.2, -0.15) is 0 Å². The van der Waals surface area contributed by atoms with Crippen molar-refractivity contribution in [2.24, 2.45) is 0 Å². The topological polar surface area (TPSA) is 38.2 Å². The highest BCUT2D eigenvalue weighted by Crippen LogP contribution is 2.26. The summed E-state index contributed by atoms with van der Waals surface area (Å²) in [5, 5.41) is 0.646. The van der Waals surface area contributed by atoms with Crippen LogP contribution in [0.2, 0.25) is 10.4 Å². The van der Waals surface area contributed by atoms with Crippen LogP contribution in [0.3, 0.4) is 0 Å². The Bertz CT molecular complexity index is 381. The number of aromatic nitrogens is 2. The van der Waals surface area contributed by atoms with Crippen molar-refractivity contribution in [3.8, 4) is 0 Å². The fourth-order valence-electron chi connectivity index (χ4n) is 1.76. The van der Waals surface area contributed by atoms with Crippen molar-refractivity contribution in [2.45, 2.75) is 13.3 Å². The summed E-state index contributed by atoms with van der Waals surface area (Å²) >= 11 is 11.9. The van der Waals surface area contributed by atoms with Crippen LogP contribution in [0.1, 0.15) is 12.5 Å². The first-order chi connectivity index (χ1) is 7.72. The maximum Gasteiger partial charge on any atom is 0.225 e. The van der Waals surface area contributed by atoms with Crippen LogP contribution in [0.15, 0.2) is 0 Å². The molecule has 0 radical (unpaired) electrons. The van der Waals surface area contributed by atoms with E-state index in [0.717, 1.165) is 30.9 Å². The first kappa shape index (κ1) is 11.9. The number of anilines is 1. The molecule has 0 saturated carbocycles. The molecule has 16 heavy (non-hydrogen) atoms. The molecule has 0 aliphatic carbocycles. The minimum Gasteiger partial charge on any atom is -0.378 e. The summed E-state index contributed by atoms with van der Waals surface area (Å²) in [7, 11) is 0. The van der Waals surface area contributed by atoms with Crippen molar-refractivity contribution < 1.29 is 4.74 Å². The normalized spacial score (nSPS) is 16.6. The van der Waals surface area contributed by atoms with Gasteiger partial charge < -0.3 is 9.64 Å². The zero-order valence-electron chi connectivity index (χ0n) is 9.04. The lowest BCUT2D eigenvalue weighted by Gasteiger charge is -2.29. The van der Waals surface area contributed by atoms with Crippen LogP contribution < -0.4 is 4.90 Å². The molecular formula is C10H13Cl2N3O. The van der Waals surface area contributed by atoms with Crippen LogP contribution in [0.5, 0.6) is 0 Å². The van der Waals surface area contributed by atoms with Gasteiger partial charge in [-0.3, -0.25) is 0 Å². The molecule has 2 heterocycles. The van der Waals surface area contributed by atoms with Crippen LogP contribution in [0.4, 0.5) is 5.82 Å². The van der Waals surface area contributed by atoms with Crippen molar-refractivity contribution in [3.63, 3.8) is 0 Å². The Morgan fingerprint density at radius 1 is 1.25 bits per heavy atom. The molecular weight excluding hydrogens is 249 g/mol. The molecule has 1 fully saturated rings. The van der Waals surface area contributed by atoms with Crippen LogP contribution in [-0.2, 0) is 11.2 Å². The molecule has 2 rings (SSSR count). The standard InChI is InChI=1S/C10H13Cl2N3O/c1-2-7-8(11)13-10(12)14-9(7)15-3-5-16-6-4-15/h2-6H2,1H3. The lowest BCUT2D eigenvalue weighted by molar-refractivity contribution is 0.122. The molecule has 1 saturated heterocycles. The van der Waals surface area contributed by atoms with Gasteiger partial charge in [0.2, 0.25) is 5.28 Å². The average molecular weight is 262 g/mol. The molecule has 0 bridgehead atoms. The van der Waals surface area contributed by atoms with Crippen molar-refractivity contribution in [3.05, 3.63) is 16.0 Å². The van der Waals surface area contributed by atoms with Crippen LogP contribution in [0.25, 0.3) is 0 Å². The summed E-state index contributed by atoms with van der Waals surface area (Å²) < 4.78 is 5.30. The van der Waals surface area contributed by atoms with E-state index >= 15 is 0 Å². The van der Waals surface area contributed by atoms with Crippen LogP contribution >= 0.6 is 23.2 Å². The first-order valence-corrected chi connectivity index (χ1v) is 6.02. The van der Waals surface area contributed by atoms with E-state index in [-0.39, 0.29) is 5.28 Å². The Morgan fingerprint density at radius 3 is 2.56 bits per heavy atom. The smallest absolute Gasteiger partial charge is 0.225 e. The number of morpholine rings is 1. The zero-order chi connectivity index (χ0) is 11.5. The Kier molecular flexibility index (Phi) is 3.84. The van der Waals surface area contributed by atoms with E-state index in [1.165, 1.54) is 0 Å². The second-order valence-electron chi connectivity index (χ2n) is 3.54. The van der Waals surface area contributed by atoms with Crippen LogP contribution in [0, 0.1) is 0 Å². The van der Waals surface area contributed by atoms with Gasteiger partial charge in [0.1, 0.15) is 11.0 Å². The van der Waals surface area contributed by atoms with Gasteiger partial charge >= 0.3 is 0 Å². The average Bonchev–Trinajstić information content (AvgIpc) is 2.29. The third-order valence-electron chi connectivity index (χ3n) is 2.57. The Balaban J connectivity index is 2.36. The van der Waals surface area contributed by atoms with E-state index < -0.39 is 0 Å². The Morgan fingerprint density at radius 2 is 1.94 bits per heavy atom. The SMILES string of the molecule is CCc1c(Cl)nc(Cl)nc1N1CCOCC1. The maximum absolute atomic E-state index is 6.06. The van der Waals surface area contributed by atoms with E-state index in [2.05, 4.69) is 14.9 Å². The predicted molar refractivity (Wildman–Crippen MR) is 64.5 cm³/mol. The molecule has 1 aliphatic heterocycles. The second-order valence-corrected chi connectivity index (χ2v) is 4.23. The van der Waals surface area contributed by atoms with Crippen molar-refractivity contribution in [1.29, 1.82) is 0 Å². The number of nitrogens with zero attached hydrogens (tertiary/aromatic N) is 3. The molecule has 0 atom stereocenters. The molecule has 6 heteroatoms.